The SMILES string of the molecule is NC(=O)Nc1ccc(Cc2ccc(OC3CNC3)c(-c3cccc(Cl)c3)c2)cc1. The lowest BCUT2D eigenvalue weighted by molar-refractivity contribution is 0.143. The largest absolute Gasteiger partial charge is 0.487 e. The first-order valence-corrected chi connectivity index (χ1v) is 9.86. The third-order valence-electron chi connectivity index (χ3n) is 4.85. The van der Waals surface area contributed by atoms with Crippen LogP contribution < -0.4 is 21.1 Å². The predicted molar refractivity (Wildman–Crippen MR) is 117 cm³/mol. The molecule has 5 nitrogen and oxygen atoms in total. The Labute approximate surface area is 174 Å². The first kappa shape index (κ1) is 19.3. The molecule has 0 unspecified atom stereocenters. The van der Waals surface area contributed by atoms with Crippen LogP contribution in [0.15, 0.2) is 66.7 Å². The summed E-state index contributed by atoms with van der Waals surface area (Å²) in [7, 11) is 0. The van der Waals surface area contributed by atoms with Crippen molar-refractivity contribution < 1.29 is 9.53 Å². The van der Waals surface area contributed by atoms with E-state index in [-0.39, 0.29) is 6.10 Å². The summed E-state index contributed by atoms with van der Waals surface area (Å²) in [6.07, 6.45) is 0.958. The summed E-state index contributed by atoms with van der Waals surface area (Å²) >= 11 is 6.22. The van der Waals surface area contributed by atoms with E-state index in [1.807, 2.05) is 54.6 Å². The van der Waals surface area contributed by atoms with E-state index in [1.54, 1.807) is 0 Å². The van der Waals surface area contributed by atoms with Gasteiger partial charge in [-0.2, -0.15) is 0 Å². The van der Waals surface area contributed by atoms with Crippen LogP contribution in [-0.4, -0.2) is 25.2 Å². The van der Waals surface area contributed by atoms with Gasteiger partial charge in [-0.1, -0.05) is 41.9 Å². The number of ether oxygens (including phenoxy) is 1. The number of rotatable bonds is 6. The highest BCUT2D eigenvalue weighted by Crippen LogP contribution is 2.34. The lowest BCUT2D eigenvalue weighted by atomic mass is 9.98. The van der Waals surface area contributed by atoms with E-state index in [4.69, 9.17) is 22.1 Å². The second-order valence-corrected chi connectivity index (χ2v) is 7.54. The number of carbonyl (C=O) groups is 1. The second kappa shape index (κ2) is 8.55. The lowest BCUT2D eigenvalue weighted by Gasteiger charge is -2.29. The number of nitrogens with two attached hydrogens (primary N) is 1. The van der Waals surface area contributed by atoms with E-state index < -0.39 is 6.03 Å². The smallest absolute Gasteiger partial charge is 0.316 e. The number of amides is 2. The fraction of sp³-hybridized carbons (Fsp3) is 0.174. The fourth-order valence-electron chi connectivity index (χ4n) is 3.28. The Morgan fingerprint density at radius 3 is 2.48 bits per heavy atom. The maximum atomic E-state index is 11.0. The normalized spacial score (nSPS) is 13.6. The molecule has 3 aromatic carbocycles. The van der Waals surface area contributed by atoms with Gasteiger partial charge in [0.1, 0.15) is 11.9 Å². The maximum absolute atomic E-state index is 11.0. The number of carbonyl (C=O) groups excluding carboxylic acids is 1. The minimum absolute atomic E-state index is 0.198. The van der Waals surface area contributed by atoms with Crippen LogP contribution in [0.3, 0.4) is 0 Å². The van der Waals surface area contributed by atoms with Gasteiger partial charge in [-0.15, -0.1) is 0 Å². The number of urea groups is 1. The highest BCUT2D eigenvalue weighted by Gasteiger charge is 2.20. The molecule has 2 amide bonds. The number of halogens is 1. The molecule has 1 saturated heterocycles. The molecule has 29 heavy (non-hydrogen) atoms. The average Bonchev–Trinajstić information content (AvgIpc) is 2.66. The van der Waals surface area contributed by atoms with E-state index in [2.05, 4.69) is 22.8 Å². The average molecular weight is 408 g/mol. The van der Waals surface area contributed by atoms with Crippen LogP contribution in [0.1, 0.15) is 11.1 Å². The summed E-state index contributed by atoms with van der Waals surface area (Å²) in [5.41, 5.74) is 10.2. The first-order valence-electron chi connectivity index (χ1n) is 9.48. The standard InChI is InChI=1S/C23H22ClN3O2/c24-18-3-1-2-17(12-18)21-11-16(6-9-22(21)29-20-13-26-14-20)10-15-4-7-19(8-5-15)27-23(25)28/h1-9,11-12,20,26H,10,13-14H2,(H3,25,27,28). The Balaban J connectivity index is 1.60. The fourth-order valence-corrected chi connectivity index (χ4v) is 3.47. The van der Waals surface area contributed by atoms with Gasteiger partial charge in [0.2, 0.25) is 0 Å². The van der Waals surface area contributed by atoms with Crippen LogP contribution in [-0.2, 0) is 6.42 Å². The van der Waals surface area contributed by atoms with Crippen LogP contribution in [0.4, 0.5) is 10.5 Å². The molecule has 1 heterocycles. The molecule has 0 saturated carbocycles. The number of nitrogens with one attached hydrogen (secondary N) is 2. The molecule has 0 atom stereocenters. The van der Waals surface area contributed by atoms with Crippen LogP contribution in [0.25, 0.3) is 11.1 Å². The summed E-state index contributed by atoms with van der Waals surface area (Å²) in [6, 6.07) is 21.2. The Morgan fingerprint density at radius 1 is 1.07 bits per heavy atom. The van der Waals surface area contributed by atoms with E-state index >= 15 is 0 Å². The van der Waals surface area contributed by atoms with Crippen molar-refractivity contribution in [1.82, 2.24) is 5.32 Å². The van der Waals surface area contributed by atoms with Gasteiger partial charge in [-0.05, 0) is 59.5 Å². The summed E-state index contributed by atoms with van der Waals surface area (Å²) in [6.45, 7) is 1.73. The van der Waals surface area contributed by atoms with Crippen molar-refractivity contribution in [2.24, 2.45) is 5.73 Å². The molecule has 6 heteroatoms. The topological polar surface area (TPSA) is 76.4 Å². The summed E-state index contributed by atoms with van der Waals surface area (Å²) < 4.78 is 6.18. The Bertz CT molecular complexity index is 1020. The van der Waals surface area contributed by atoms with Crippen LogP contribution in [0.5, 0.6) is 5.75 Å². The first-order chi connectivity index (χ1) is 14.1. The second-order valence-electron chi connectivity index (χ2n) is 7.10. The number of primary amides is 1. The number of benzene rings is 3. The molecule has 1 aliphatic heterocycles. The highest BCUT2D eigenvalue weighted by atomic mass is 35.5. The van der Waals surface area contributed by atoms with E-state index in [0.29, 0.717) is 10.7 Å². The Kier molecular flexibility index (Phi) is 5.69. The van der Waals surface area contributed by atoms with Gasteiger partial charge in [0.15, 0.2) is 0 Å². The van der Waals surface area contributed by atoms with Gasteiger partial charge < -0.3 is 21.1 Å². The van der Waals surface area contributed by atoms with Crippen molar-refractivity contribution in [2.45, 2.75) is 12.5 Å². The van der Waals surface area contributed by atoms with Crippen molar-refractivity contribution in [1.29, 1.82) is 0 Å². The summed E-state index contributed by atoms with van der Waals surface area (Å²) in [4.78, 5) is 11.0. The predicted octanol–water partition coefficient (Wildman–Crippen LogP) is 4.44. The zero-order chi connectivity index (χ0) is 20.2. The van der Waals surface area contributed by atoms with Gasteiger partial charge >= 0.3 is 6.03 Å². The molecule has 0 spiro atoms. The molecular weight excluding hydrogens is 386 g/mol. The van der Waals surface area contributed by atoms with Crippen molar-refractivity contribution >= 4 is 23.3 Å². The zero-order valence-corrected chi connectivity index (χ0v) is 16.6. The Hall–Kier alpha value is -3.02. The molecule has 0 bridgehead atoms. The van der Waals surface area contributed by atoms with E-state index in [0.717, 1.165) is 47.5 Å². The highest BCUT2D eigenvalue weighted by molar-refractivity contribution is 6.30. The van der Waals surface area contributed by atoms with Gasteiger partial charge in [0, 0.05) is 29.4 Å². The molecule has 3 aromatic rings. The van der Waals surface area contributed by atoms with Gasteiger partial charge in [-0.25, -0.2) is 4.79 Å². The van der Waals surface area contributed by atoms with Gasteiger partial charge in [0.05, 0.1) is 0 Å². The van der Waals surface area contributed by atoms with Crippen LogP contribution in [0.2, 0.25) is 5.02 Å². The van der Waals surface area contributed by atoms with Crippen molar-refractivity contribution in [3.8, 4) is 16.9 Å². The zero-order valence-electron chi connectivity index (χ0n) is 15.8. The van der Waals surface area contributed by atoms with Crippen molar-refractivity contribution in [2.75, 3.05) is 18.4 Å². The molecule has 0 aromatic heterocycles. The molecule has 1 fully saturated rings. The summed E-state index contributed by atoms with van der Waals surface area (Å²) in [5.74, 6) is 0.864. The minimum atomic E-state index is -0.568. The molecule has 0 radical (unpaired) electrons. The molecular formula is C23H22ClN3O2. The number of hydrogen-bond donors (Lipinski definition) is 3. The minimum Gasteiger partial charge on any atom is -0.487 e. The van der Waals surface area contributed by atoms with Crippen molar-refractivity contribution in [3.05, 3.63) is 82.9 Å². The molecule has 1 aliphatic rings. The lowest BCUT2D eigenvalue weighted by Crippen LogP contribution is -2.50. The van der Waals surface area contributed by atoms with Crippen molar-refractivity contribution in [3.63, 3.8) is 0 Å². The summed E-state index contributed by atoms with van der Waals surface area (Å²) in [5, 5.41) is 6.50. The molecule has 0 aliphatic carbocycles. The Morgan fingerprint density at radius 2 is 1.83 bits per heavy atom. The molecule has 148 valence electrons. The van der Waals surface area contributed by atoms with Gasteiger partial charge in [-0.3, -0.25) is 0 Å². The monoisotopic (exact) mass is 407 g/mol. The van der Waals surface area contributed by atoms with Gasteiger partial charge in [0.25, 0.3) is 0 Å². The maximum Gasteiger partial charge on any atom is 0.316 e. The number of anilines is 1. The van der Waals surface area contributed by atoms with E-state index in [1.165, 1.54) is 0 Å². The third-order valence-corrected chi connectivity index (χ3v) is 5.08. The quantitative estimate of drug-likeness (QED) is 0.565. The number of hydrogen-bond acceptors (Lipinski definition) is 3. The third kappa shape index (κ3) is 4.88. The van der Waals surface area contributed by atoms with Crippen LogP contribution in [0, 0.1) is 0 Å². The molecule has 4 rings (SSSR count). The van der Waals surface area contributed by atoms with E-state index in [9.17, 15) is 4.79 Å². The molecule has 4 N–H and O–H groups in total. The van der Waals surface area contributed by atoms with Crippen LogP contribution >= 0.6 is 11.6 Å².